The fourth-order valence-corrected chi connectivity index (χ4v) is 2.29. The number of hydrogen-bond donors (Lipinski definition) is 1. The van der Waals surface area contributed by atoms with E-state index >= 15 is 0 Å². The highest BCUT2D eigenvalue weighted by atomic mass is 16.5. The monoisotopic (exact) mass is 257 g/mol. The minimum atomic E-state index is 0.350. The van der Waals surface area contributed by atoms with Crippen molar-refractivity contribution in [3.8, 4) is 17.0 Å². The molecule has 4 heteroatoms. The Bertz CT molecular complexity index is 585. The van der Waals surface area contributed by atoms with Gasteiger partial charge in [-0.05, 0) is 50.1 Å². The minimum absolute atomic E-state index is 0.350. The summed E-state index contributed by atoms with van der Waals surface area (Å²) < 4.78 is 5.38. The van der Waals surface area contributed by atoms with Gasteiger partial charge >= 0.3 is 0 Å². The Morgan fingerprint density at radius 1 is 1.05 bits per heavy atom. The summed E-state index contributed by atoms with van der Waals surface area (Å²) >= 11 is 0. The van der Waals surface area contributed by atoms with Crippen LogP contribution in [0.1, 0.15) is 22.6 Å². The quantitative estimate of drug-likeness (QED) is 0.918. The number of methoxy groups -OCH3 is 1. The molecule has 0 spiro atoms. The molecule has 0 fully saturated rings. The third kappa shape index (κ3) is 2.74. The summed E-state index contributed by atoms with van der Waals surface area (Å²) in [6.07, 6.45) is 0. The number of nitrogens with two attached hydrogens (primary N) is 1. The van der Waals surface area contributed by atoms with Gasteiger partial charge in [0.25, 0.3) is 0 Å². The summed E-state index contributed by atoms with van der Waals surface area (Å²) in [4.78, 5) is 8.78. The summed E-state index contributed by atoms with van der Waals surface area (Å²) in [6, 6.07) is 6.13. The Kier molecular flexibility index (Phi) is 3.81. The molecule has 0 aliphatic carbocycles. The lowest BCUT2D eigenvalue weighted by Gasteiger charge is -2.12. The fourth-order valence-electron chi connectivity index (χ4n) is 2.29. The largest absolute Gasteiger partial charge is 0.496 e. The number of rotatable bonds is 3. The van der Waals surface area contributed by atoms with Gasteiger partial charge in [0, 0.05) is 11.3 Å². The van der Waals surface area contributed by atoms with Crippen LogP contribution in [0.3, 0.4) is 0 Å². The summed E-state index contributed by atoms with van der Waals surface area (Å²) in [6.45, 7) is 6.37. The van der Waals surface area contributed by atoms with Gasteiger partial charge in [0.2, 0.25) is 0 Å². The zero-order valence-electron chi connectivity index (χ0n) is 11.8. The molecule has 1 aromatic heterocycles. The number of hydrogen-bond acceptors (Lipinski definition) is 4. The molecule has 0 unspecified atom stereocenters. The molecule has 0 amide bonds. The molecule has 2 rings (SSSR count). The topological polar surface area (TPSA) is 61.0 Å². The predicted molar refractivity (Wildman–Crippen MR) is 76.1 cm³/mol. The second kappa shape index (κ2) is 5.36. The Labute approximate surface area is 113 Å². The molecule has 4 nitrogen and oxygen atoms in total. The molecule has 0 bridgehead atoms. The zero-order chi connectivity index (χ0) is 14.0. The van der Waals surface area contributed by atoms with Crippen LogP contribution in [-0.2, 0) is 6.54 Å². The standard InChI is InChI=1S/C15H19N3O/c1-9-5-12(6-10(2)15(9)19-4)13-7-11(3)17-14(8-16)18-13/h5-7H,8,16H2,1-4H3. The fraction of sp³-hybridized carbons (Fsp3) is 0.333. The van der Waals surface area contributed by atoms with Crippen molar-refractivity contribution in [2.75, 3.05) is 7.11 Å². The molecular formula is C15H19N3O. The van der Waals surface area contributed by atoms with E-state index in [1.807, 2.05) is 26.8 Å². The normalized spacial score (nSPS) is 10.6. The van der Waals surface area contributed by atoms with Crippen LogP contribution in [0.5, 0.6) is 5.75 Å². The van der Waals surface area contributed by atoms with Crippen molar-refractivity contribution >= 4 is 0 Å². The first-order valence-electron chi connectivity index (χ1n) is 6.25. The third-order valence-corrected chi connectivity index (χ3v) is 3.04. The minimum Gasteiger partial charge on any atom is -0.496 e. The molecule has 0 aliphatic rings. The van der Waals surface area contributed by atoms with Gasteiger partial charge < -0.3 is 10.5 Å². The Morgan fingerprint density at radius 3 is 2.21 bits per heavy atom. The molecule has 0 atom stereocenters. The number of benzene rings is 1. The van der Waals surface area contributed by atoms with E-state index in [4.69, 9.17) is 10.5 Å². The van der Waals surface area contributed by atoms with Gasteiger partial charge in [0.15, 0.2) is 0 Å². The maximum Gasteiger partial charge on any atom is 0.142 e. The summed E-state index contributed by atoms with van der Waals surface area (Å²) in [7, 11) is 1.69. The first-order valence-corrected chi connectivity index (χ1v) is 6.25. The maximum atomic E-state index is 5.63. The average molecular weight is 257 g/mol. The average Bonchev–Trinajstić information content (AvgIpc) is 2.37. The van der Waals surface area contributed by atoms with E-state index in [0.29, 0.717) is 12.4 Å². The van der Waals surface area contributed by atoms with Crippen LogP contribution in [0.4, 0.5) is 0 Å². The number of aryl methyl sites for hydroxylation is 3. The smallest absolute Gasteiger partial charge is 0.142 e. The molecule has 1 heterocycles. The van der Waals surface area contributed by atoms with E-state index in [2.05, 4.69) is 22.1 Å². The van der Waals surface area contributed by atoms with Crippen molar-refractivity contribution in [3.05, 3.63) is 40.8 Å². The molecule has 2 aromatic rings. The molecule has 100 valence electrons. The van der Waals surface area contributed by atoms with Crippen molar-refractivity contribution in [1.29, 1.82) is 0 Å². The molecule has 0 saturated carbocycles. The molecule has 1 aromatic carbocycles. The van der Waals surface area contributed by atoms with Gasteiger partial charge in [0.05, 0.1) is 19.3 Å². The molecule has 0 aliphatic heterocycles. The Hall–Kier alpha value is -1.94. The van der Waals surface area contributed by atoms with Crippen LogP contribution >= 0.6 is 0 Å². The van der Waals surface area contributed by atoms with E-state index in [1.54, 1.807) is 7.11 Å². The van der Waals surface area contributed by atoms with Crippen LogP contribution in [-0.4, -0.2) is 17.1 Å². The number of nitrogens with zero attached hydrogens (tertiary/aromatic N) is 2. The Morgan fingerprint density at radius 2 is 1.68 bits per heavy atom. The summed E-state index contributed by atoms with van der Waals surface area (Å²) in [5.74, 6) is 1.59. The molecule has 0 saturated heterocycles. The van der Waals surface area contributed by atoms with Gasteiger partial charge in [-0.15, -0.1) is 0 Å². The molecule has 19 heavy (non-hydrogen) atoms. The number of aromatic nitrogens is 2. The van der Waals surface area contributed by atoms with Crippen LogP contribution in [0, 0.1) is 20.8 Å². The molecule has 0 radical (unpaired) electrons. The second-order valence-electron chi connectivity index (χ2n) is 4.66. The summed E-state index contributed by atoms with van der Waals surface area (Å²) in [5.41, 5.74) is 10.7. The lowest BCUT2D eigenvalue weighted by Crippen LogP contribution is -2.05. The summed E-state index contributed by atoms with van der Waals surface area (Å²) in [5, 5.41) is 0. The maximum absolute atomic E-state index is 5.63. The lowest BCUT2D eigenvalue weighted by atomic mass is 10.0. The SMILES string of the molecule is COc1c(C)cc(-c2cc(C)nc(CN)n2)cc1C. The van der Waals surface area contributed by atoms with Crippen LogP contribution < -0.4 is 10.5 Å². The van der Waals surface area contributed by atoms with Crippen molar-refractivity contribution in [2.45, 2.75) is 27.3 Å². The second-order valence-corrected chi connectivity index (χ2v) is 4.66. The van der Waals surface area contributed by atoms with Crippen LogP contribution in [0.2, 0.25) is 0 Å². The first-order chi connectivity index (χ1) is 9.05. The van der Waals surface area contributed by atoms with Crippen molar-refractivity contribution in [1.82, 2.24) is 9.97 Å². The zero-order valence-corrected chi connectivity index (χ0v) is 11.8. The first kappa shape index (κ1) is 13.5. The molecular weight excluding hydrogens is 238 g/mol. The van der Waals surface area contributed by atoms with E-state index in [0.717, 1.165) is 33.8 Å². The van der Waals surface area contributed by atoms with E-state index < -0.39 is 0 Å². The van der Waals surface area contributed by atoms with Crippen molar-refractivity contribution in [2.24, 2.45) is 5.73 Å². The van der Waals surface area contributed by atoms with E-state index in [-0.39, 0.29) is 0 Å². The third-order valence-electron chi connectivity index (χ3n) is 3.04. The number of ether oxygens (including phenoxy) is 1. The highest BCUT2D eigenvalue weighted by Gasteiger charge is 2.09. The highest BCUT2D eigenvalue weighted by molar-refractivity contribution is 5.64. The Balaban J connectivity index is 2.56. The van der Waals surface area contributed by atoms with Gasteiger partial charge in [0.1, 0.15) is 11.6 Å². The molecule has 2 N–H and O–H groups in total. The highest BCUT2D eigenvalue weighted by Crippen LogP contribution is 2.29. The predicted octanol–water partition coefficient (Wildman–Crippen LogP) is 2.54. The van der Waals surface area contributed by atoms with Gasteiger partial charge in [-0.25, -0.2) is 9.97 Å². The van der Waals surface area contributed by atoms with E-state index in [9.17, 15) is 0 Å². The lowest BCUT2D eigenvalue weighted by molar-refractivity contribution is 0.408. The van der Waals surface area contributed by atoms with Crippen LogP contribution in [0.15, 0.2) is 18.2 Å². The van der Waals surface area contributed by atoms with Gasteiger partial charge in [-0.1, -0.05) is 0 Å². The van der Waals surface area contributed by atoms with Crippen molar-refractivity contribution in [3.63, 3.8) is 0 Å². The van der Waals surface area contributed by atoms with Gasteiger partial charge in [-0.3, -0.25) is 0 Å². The van der Waals surface area contributed by atoms with Crippen molar-refractivity contribution < 1.29 is 4.74 Å². The van der Waals surface area contributed by atoms with Crippen LogP contribution in [0.25, 0.3) is 11.3 Å². The van der Waals surface area contributed by atoms with Gasteiger partial charge in [-0.2, -0.15) is 0 Å². The van der Waals surface area contributed by atoms with E-state index in [1.165, 1.54) is 0 Å².